The third-order valence-electron chi connectivity index (χ3n) is 6.25. The SMILES string of the molecule is CNC(=O)c1cc(Oc2ccc(NC(=O)Nc3cc(C(C)(C)C)nn3-c3cccc(CCOCC(=O)O)c3)c(F)c2)ccn1. The molecule has 13 heteroatoms. The van der Waals surface area contributed by atoms with Crippen LogP contribution in [0.3, 0.4) is 0 Å². The fourth-order valence-electron chi connectivity index (χ4n) is 4.02. The van der Waals surface area contributed by atoms with Gasteiger partial charge in [-0.2, -0.15) is 5.10 Å². The Kier molecular flexibility index (Phi) is 9.91. The predicted octanol–water partition coefficient (Wildman–Crippen LogP) is 5.14. The highest BCUT2D eigenvalue weighted by Crippen LogP contribution is 2.28. The maximum atomic E-state index is 15.0. The van der Waals surface area contributed by atoms with Crippen LogP contribution in [0.5, 0.6) is 11.5 Å². The topological polar surface area (TPSA) is 157 Å². The Balaban J connectivity index is 1.48. The van der Waals surface area contributed by atoms with Gasteiger partial charge in [0.15, 0.2) is 0 Å². The summed E-state index contributed by atoms with van der Waals surface area (Å²) in [5.41, 5.74) is 1.99. The summed E-state index contributed by atoms with van der Waals surface area (Å²) in [7, 11) is 1.48. The van der Waals surface area contributed by atoms with Crippen molar-refractivity contribution in [1.82, 2.24) is 20.1 Å². The van der Waals surface area contributed by atoms with Crippen LogP contribution in [0.15, 0.2) is 66.9 Å². The number of ether oxygens (including phenoxy) is 2. The number of hydrogen-bond donors (Lipinski definition) is 4. The number of carbonyl (C=O) groups excluding carboxylic acids is 2. The Morgan fingerprint density at radius 1 is 1.00 bits per heavy atom. The molecule has 0 saturated carbocycles. The minimum atomic E-state index is -1.04. The first-order chi connectivity index (χ1) is 20.9. The highest BCUT2D eigenvalue weighted by molar-refractivity contribution is 5.99. The summed E-state index contributed by atoms with van der Waals surface area (Å²) in [6, 6.07) is 15.4. The second-order valence-corrected chi connectivity index (χ2v) is 10.7. The third kappa shape index (κ3) is 8.38. The van der Waals surface area contributed by atoms with Crippen LogP contribution in [-0.2, 0) is 21.4 Å². The van der Waals surface area contributed by atoms with E-state index >= 15 is 0 Å². The largest absolute Gasteiger partial charge is 0.480 e. The van der Waals surface area contributed by atoms with Crippen molar-refractivity contribution in [3.05, 3.63) is 89.6 Å². The van der Waals surface area contributed by atoms with Crippen LogP contribution < -0.4 is 20.7 Å². The zero-order chi connectivity index (χ0) is 31.9. The van der Waals surface area contributed by atoms with E-state index < -0.39 is 23.7 Å². The van der Waals surface area contributed by atoms with Gasteiger partial charge in [0.1, 0.15) is 35.4 Å². The van der Waals surface area contributed by atoms with E-state index in [2.05, 4.69) is 20.9 Å². The number of carbonyl (C=O) groups is 3. The van der Waals surface area contributed by atoms with Gasteiger partial charge in [-0.25, -0.2) is 18.7 Å². The first-order valence-electron chi connectivity index (χ1n) is 13.7. The van der Waals surface area contributed by atoms with Crippen molar-refractivity contribution in [2.24, 2.45) is 0 Å². The van der Waals surface area contributed by atoms with Gasteiger partial charge in [0, 0.05) is 36.9 Å². The number of urea groups is 1. The summed E-state index contributed by atoms with van der Waals surface area (Å²) < 4.78 is 27.4. The molecule has 2 aromatic heterocycles. The van der Waals surface area contributed by atoms with Crippen molar-refractivity contribution in [2.45, 2.75) is 32.6 Å². The van der Waals surface area contributed by atoms with Crippen LogP contribution in [0.4, 0.5) is 20.7 Å². The minimum Gasteiger partial charge on any atom is -0.480 e. The molecule has 0 spiro atoms. The van der Waals surface area contributed by atoms with Crippen LogP contribution in [-0.4, -0.2) is 58.0 Å². The van der Waals surface area contributed by atoms with E-state index in [0.29, 0.717) is 23.6 Å². The number of aromatic nitrogens is 3. The van der Waals surface area contributed by atoms with Gasteiger partial charge in [-0.15, -0.1) is 0 Å². The summed E-state index contributed by atoms with van der Waals surface area (Å²) in [5.74, 6) is -1.36. The van der Waals surface area contributed by atoms with Gasteiger partial charge in [0.25, 0.3) is 5.91 Å². The molecule has 230 valence electrons. The molecular formula is C31H33FN6O6. The molecular weight excluding hydrogens is 571 g/mol. The van der Waals surface area contributed by atoms with Crippen LogP contribution in [0.25, 0.3) is 5.69 Å². The number of carboxylic acids is 1. The van der Waals surface area contributed by atoms with E-state index in [9.17, 15) is 18.8 Å². The lowest BCUT2D eigenvalue weighted by Gasteiger charge is -2.14. The molecule has 0 atom stereocenters. The molecule has 3 amide bonds. The summed E-state index contributed by atoms with van der Waals surface area (Å²) in [4.78, 5) is 39.5. The van der Waals surface area contributed by atoms with Gasteiger partial charge in [0.05, 0.1) is 23.7 Å². The van der Waals surface area contributed by atoms with Crippen LogP contribution in [0, 0.1) is 5.82 Å². The molecule has 0 fully saturated rings. The highest BCUT2D eigenvalue weighted by Gasteiger charge is 2.22. The van der Waals surface area contributed by atoms with E-state index in [1.54, 1.807) is 10.7 Å². The van der Waals surface area contributed by atoms with E-state index in [1.807, 2.05) is 45.0 Å². The number of pyridine rings is 1. The third-order valence-corrected chi connectivity index (χ3v) is 6.25. The zero-order valence-electron chi connectivity index (χ0n) is 24.7. The predicted molar refractivity (Wildman–Crippen MR) is 161 cm³/mol. The molecule has 2 aromatic carbocycles. The van der Waals surface area contributed by atoms with Gasteiger partial charge < -0.3 is 25.2 Å². The van der Waals surface area contributed by atoms with Gasteiger partial charge in [-0.05, 0) is 42.3 Å². The van der Waals surface area contributed by atoms with Gasteiger partial charge in [-0.1, -0.05) is 32.9 Å². The number of halogens is 1. The second-order valence-electron chi connectivity index (χ2n) is 10.7. The van der Waals surface area contributed by atoms with Crippen molar-refractivity contribution >= 4 is 29.4 Å². The molecule has 12 nitrogen and oxygen atoms in total. The highest BCUT2D eigenvalue weighted by atomic mass is 19.1. The molecule has 0 aliphatic rings. The van der Waals surface area contributed by atoms with E-state index in [0.717, 1.165) is 11.6 Å². The van der Waals surface area contributed by atoms with Crippen molar-refractivity contribution in [3.63, 3.8) is 0 Å². The first-order valence-corrected chi connectivity index (χ1v) is 13.7. The van der Waals surface area contributed by atoms with E-state index in [4.69, 9.17) is 19.7 Å². The number of amides is 3. The Bertz CT molecular complexity index is 1670. The standard InChI is InChI=1S/C31H33FN6O6/c1-31(2,3)26-17-27(38(37-26)20-7-5-6-19(14-20)11-13-43-18-28(39)40)36-30(42)35-24-9-8-21(15-23(24)32)44-22-10-12-34-25(16-22)29(41)33-4/h5-10,12,14-17H,11,13,18H2,1-4H3,(H,33,41)(H,39,40)(H2,35,36,42). The normalized spacial score (nSPS) is 11.1. The Labute approximate surface area is 253 Å². The molecule has 4 aromatic rings. The summed E-state index contributed by atoms with van der Waals surface area (Å²) in [5, 5.41) is 21.2. The average molecular weight is 605 g/mol. The molecule has 0 aliphatic heterocycles. The number of rotatable bonds is 11. The summed E-state index contributed by atoms with van der Waals surface area (Å²) in [6.07, 6.45) is 1.88. The van der Waals surface area contributed by atoms with Crippen molar-refractivity contribution in [3.8, 4) is 17.2 Å². The van der Waals surface area contributed by atoms with Crippen LogP contribution >= 0.6 is 0 Å². The van der Waals surface area contributed by atoms with E-state index in [1.165, 1.54) is 37.5 Å². The molecule has 4 N–H and O–H groups in total. The Hall–Kier alpha value is -5.30. The maximum absolute atomic E-state index is 15.0. The Morgan fingerprint density at radius 3 is 2.48 bits per heavy atom. The molecule has 0 aliphatic carbocycles. The Morgan fingerprint density at radius 2 is 1.77 bits per heavy atom. The number of aliphatic carboxylic acids is 1. The monoisotopic (exact) mass is 604 g/mol. The molecule has 0 saturated heterocycles. The van der Waals surface area contributed by atoms with Crippen LogP contribution in [0.1, 0.15) is 42.5 Å². The number of nitrogens with zero attached hydrogens (tertiary/aromatic N) is 3. The molecule has 2 heterocycles. The first kappa shape index (κ1) is 31.6. The summed E-state index contributed by atoms with van der Waals surface area (Å²) >= 11 is 0. The fourth-order valence-corrected chi connectivity index (χ4v) is 4.02. The van der Waals surface area contributed by atoms with Gasteiger partial charge >= 0.3 is 12.0 Å². The number of hydrogen-bond acceptors (Lipinski definition) is 7. The molecule has 0 bridgehead atoms. The van der Waals surface area contributed by atoms with Gasteiger partial charge in [-0.3, -0.25) is 15.1 Å². The maximum Gasteiger partial charge on any atom is 0.329 e. The van der Waals surface area contributed by atoms with Crippen LogP contribution in [0.2, 0.25) is 0 Å². The number of benzene rings is 2. The van der Waals surface area contributed by atoms with Gasteiger partial charge in [0.2, 0.25) is 0 Å². The van der Waals surface area contributed by atoms with Crippen molar-refractivity contribution < 1.29 is 33.4 Å². The van der Waals surface area contributed by atoms with Crippen molar-refractivity contribution in [1.29, 1.82) is 0 Å². The average Bonchev–Trinajstić information content (AvgIpc) is 3.41. The second kappa shape index (κ2) is 13.8. The molecule has 0 radical (unpaired) electrons. The van der Waals surface area contributed by atoms with Crippen molar-refractivity contribution in [2.75, 3.05) is 30.9 Å². The minimum absolute atomic E-state index is 0.0823. The summed E-state index contributed by atoms with van der Waals surface area (Å²) in [6.45, 7) is 5.82. The lowest BCUT2D eigenvalue weighted by Crippen LogP contribution is -2.22. The smallest absolute Gasteiger partial charge is 0.329 e. The molecule has 0 unspecified atom stereocenters. The lowest BCUT2D eigenvalue weighted by molar-refractivity contribution is -0.142. The quantitative estimate of drug-likeness (QED) is 0.171. The molecule has 44 heavy (non-hydrogen) atoms. The fraction of sp³-hybridized carbons (Fsp3) is 0.258. The van der Waals surface area contributed by atoms with E-state index in [-0.39, 0.29) is 41.5 Å². The number of anilines is 2. The number of nitrogens with one attached hydrogen (secondary N) is 3. The zero-order valence-corrected chi connectivity index (χ0v) is 24.7. The number of carboxylic acid groups (broad SMARTS) is 1. The lowest BCUT2D eigenvalue weighted by atomic mass is 9.92. The molecule has 4 rings (SSSR count).